The minimum absolute atomic E-state index is 0.0789. The first-order valence-corrected chi connectivity index (χ1v) is 23.9. The van der Waals surface area contributed by atoms with Crippen LogP contribution < -0.4 is 31.9 Å². The third-order valence-electron chi connectivity index (χ3n) is 10.9. The lowest BCUT2D eigenvalue weighted by Crippen LogP contribution is -2.47. The summed E-state index contributed by atoms with van der Waals surface area (Å²) in [7, 11) is 0. The number of nitrogens with zero attached hydrogens (tertiary/aromatic N) is 2. The predicted octanol–water partition coefficient (Wildman–Crippen LogP) is 4.43. The molecule has 0 atom stereocenters. The van der Waals surface area contributed by atoms with Crippen LogP contribution in [-0.2, 0) is 54.7 Å². The van der Waals surface area contributed by atoms with E-state index in [1.54, 1.807) is 24.3 Å². The fourth-order valence-electron chi connectivity index (χ4n) is 7.02. The summed E-state index contributed by atoms with van der Waals surface area (Å²) < 4.78 is 37.3. The average molecular weight is 1020 g/mol. The van der Waals surface area contributed by atoms with Gasteiger partial charge in [0, 0.05) is 50.4 Å². The first kappa shape index (κ1) is 56.2. The van der Waals surface area contributed by atoms with Crippen LogP contribution in [0.5, 0.6) is 0 Å². The highest BCUT2D eigenvalue weighted by Crippen LogP contribution is 2.13. The highest BCUT2D eigenvalue weighted by molar-refractivity contribution is 6.03. The molecule has 0 aromatic heterocycles. The Hall–Kier alpha value is -8.68. The van der Waals surface area contributed by atoms with Crippen molar-refractivity contribution in [1.29, 1.82) is 0 Å². The summed E-state index contributed by atoms with van der Waals surface area (Å²) in [5.74, 6) is -4.90. The third kappa shape index (κ3) is 21.4. The first-order chi connectivity index (χ1) is 35.8. The van der Waals surface area contributed by atoms with E-state index in [4.69, 9.17) is 9.47 Å². The monoisotopic (exact) mass is 1020 g/mol. The number of rotatable bonds is 28. The van der Waals surface area contributed by atoms with Crippen molar-refractivity contribution < 1.29 is 56.6 Å². The maximum atomic E-state index is 14.2. The fraction of sp³-hybridized carbons (Fsp3) is 0.296. The molecular formula is C54H60F2N8O10. The second-order valence-corrected chi connectivity index (χ2v) is 16.7. The molecule has 0 saturated carbocycles. The van der Waals surface area contributed by atoms with Gasteiger partial charge in [0.2, 0.25) is 23.6 Å². The number of nitrogens with one attached hydrogen (secondary N) is 6. The maximum absolute atomic E-state index is 14.2. The Morgan fingerprint density at radius 2 is 0.716 bits per heavy atom. The number of ether oxygens (including phenoxy) is 2. The predicted molar refractivity (Wildman–Crippen MR) is 269 cm³/mol. The van der Waals surface area contributed by atoms with Crippen molar-refractivity contribution in [3.05, 3.63) is 178 Å². The molecule has 6 N–H and O–H groups in total. The maximum Gasteiger partial charge on any atom is 0.407 e. The number of hydrogen-bond acceptors (Lipinski definition) is 10. The van der Waals surface area contributed by atoms with Crippen molar-refractivity contribution in [3.8, 4) is 0 Å². The van der Waals surface area contributed by atoms with Gasteiger partial charge < -0.3 is 51.2 Å². The van der Waals surface area contributed by atoms with Gasteiger partial charge in [-0.15, -0.1) is 0 Å². The van der Waals surface area contributed by atoms with E-state index in [-0.39, 0.29) is 63.6 Å². The SMILES string of the molecule is O=C(CN(CC(=O)NCCc1ccc(F)cc1)C(=O)c1cccc(C(=O)N(CC(=O)NCCCNC(=O)OCc2ccccc2)CC(=O)NCCc2ccc(F)cc2)c1)NCCCNC(=O)OCc1ccccc1. The molecule has 0 saturated heterocycles. The van der Waals surface area contributed by atoms with Crippen LogP contribution in [-0.4, -0.2) is 123 Å². The number of hydrogen-bond donors (Lipinski definition) is 6. The van der Waals surface area contributed by atoms with E-state index in [1.165, 1.54) is 48.5 Å². The van der Waals surface area contributed by atoms with Crippen LogP contribution >= 0.6 is 0 Å². The zero-order valence-corrected chi connectivity index (χ0v) is 40.7. The van der Waals surface area contributed by atoms with Gasteiger partial charge in [0.05, 0.1) is 0 Å². The summed E-state index contributed by atoms with van der Waals surface area (Å²) in [4.78, 5) is 108. The zero-order valence-electron chi connectivity index (χ0n) is 40.7. The molecule has 0 heterocycles. The minimum Gasteiger partial charge on any atom is -0.445 e. The fourth-order valence-corrected chi connectivity index (χ4v) is 7.02. The second kappa shape index (κ2) is 30.9. The molecule has 5 aromatic carbocycles. The van der Waals surface area contributed by atoms with E-state index >= 15 is 0 Å². The Bertz CT molecular complexity index is 2450. The molecule has 0 fully saturated rings. The Balaban J connectivity index is 1.21. The Morgan fingerprint density at radius 3 is 1.08 bits per heavy atom. The lowest BCUT2D eigenvalue weighted by Gasteiger charge is -2.24. The first-order valence-electron chi connectivity index (χ1n) is 23.9. The van der Waals surface area contributed by atoms with Crippen LogP contribution in [0.4, 0.5) is 18.4 Å². The highest BCUT2D eigenvalue weighted by atomic mass is 19.1. The van der Waals surface area contributed by atoms with Crippen molar-refractivity contribution in [3.63, 3.8) is 0 Å². The van der Waals surface area contributed by atoms with Crippen molar-refractivity contribution in [1.82, 2.24) is 41.7 Å². The lowest BCUT2D eigenvalue weighted by atomic mass is 10.1. The van der Waals surface area contributed by atoms with Crippen molar-refractivity contribution in [2.24, 2.45) is 0 Å². The van der Waals surface area contributed by atoms with E-state index in [1.807, 2.05) is 60.7 Å². The zero-order chi connectivity index (χ0) is 52.9. The van der Waals surface area contributed by atoms with E-state index in [0.29, 0.717) is 25.7 Å². The molecule has 0 aliphatic rings. The molecule has 5 rings (SSSR count). The van der Waals surface area contributed by atoms with E-state index in [2.05, 4.69) is 31.9 Å². The highest BCUT2D eigenvalue weighted by Gasteiger charge is 2.26. The smallest absolute Gasteiger partial charge is 0.407 e. The summed E-state index contributed by atoms with van der Waals surface area (Å²) in [6.07, 6.45) is 0.0228. The number of alkyl carbamates (subject to hydrolysis) is 2. The molecule has 0 aliphatic carbocycles. The molecule has 0 spiro atoms. The van der Waals surface area contributed by atoms with Crippen LogP contribution in [0.2, 0.25) is 0 Å². The van der Waals surface area contributed by atoms with Gasteiger partial charge in [0.15, 0.2) is 0 Å². The minimum atomic E-state index is -0.799. The van der Waals surface area contributed by atoms with Crippen molar-refractivity contribution >= 4 is 47.6 Å². The number of carbonyl (C=O) groups is 8. The summed E-state index contributed by atoms with van der Waals surface area (Å²) in [6, 6.07) is 35.1. The number of benzene rings is 5. The summed E-state index contributed by atoms with van der Waals surface area (Å²) in [5.41, 5.74) is 2.94. The molecule has 0 aliphatic heterocycles. The van der Waals surface area contributed by atoms with Gasteiger partial charge in [-0.2, -0.15) is 0 Å². The van der Waals surface area contributed by atoms with Gasteiger partial charge in [0.1, 0.15) is 51.0 Å². The molecule has 8 amide bonds. The Kier molecular flexibility index (Phi) is 23.5. The van der Waals surface area contributed by atoms with Gasteiger partial charge in [-0.3, -0.25) is 28.8 Å². The van der Waals surface area contributed by atoms with Gasteiger partial charge in [-0.1, -0.05) is 91.0 Å². The summed E-state index contributed by atoms with van der Waals surface area (Å²) >= 11 is 0. The van der Waals surface area contributed by atoms with E-state index < -0.39 is 85.4 Å². The largest absolute Gasteiger partial charge is 0.445 e. The molecule has 74 heavy (non-hydrogen) atoms. The number of carbonyl (C=O) groups excluding carboxylic acids is 8. The van der Waals surface area contributed by atoms with Crippen molar-refractivity contribution in [2.45, 2.75) is 38.9 Å². The quantitative estimate of drug-likeness (QED) is 0.0386. The molecule has 5 aromatic rings. The van der Waals surface area contributed by atoms with E-state index in [9.17, 15) is 47.1 Å². The number of amides is 8. The van der Waals surface area contributed by atoms with Crippen LogP contribution in [0.3, 0.4) is 0 Å². The van der Waals surface area contributed by atoms with Crippen LogP contribution in [0, 0.1) is 11.6 Å². The second-order valence-electron chi connectivity index (χ2n) is 16.7. The van der Waals surface area contributed by atoms with Crippen LogP contribution in [0.1, 0.15) is 55.8 Å². The molecular weight excluding hydrogens is 959 g/mol. The molecule has 0 bridgehead atoms. The van der Waals surface area contributed by atoms with Gasteiger partial charge in [-0.05, 0) is 90.4 Å². The normalized spacial score (nSPS) is 10.5. The van der Waals surface area contributed by atoms with E-state index in [0.717, 1.165) is 32.1 Å². The lowest BCUT2D eigenvalue weighted by molar-refractivity contribution is -0.125. The molecule has 390 valence electrons. The molecule has 0 unspecified atom stereocenters. The summed E-state index contributed by atoms with van der Waals surface area (Å²) in [6.45, 7) is -1.37. The standard InChI is InChI=1S/C54H60F2N8O10/c55-45-20-16-39(17-21-45)24-30-59-49(67)35-63(33-47(65)57-26-8-28-61-53(71)73-37-41-10-3-1-4-11-41)51(69)43-14-7-15-44(32-43)52(70)64(36-50(68)60-31-25-40-18-22-46(56)23-19-40)34-48(66)58-27-9-29-62-54(72)74-38-42-12-5-2-6-13-42/h1-7,10-23,32H,8-9,24-31,33-38H2,(H,57,65)(H,58,66)(H,59,67)(H,60,68)(H,61,71)(H,62,72). The van der Waals surface area contributed by atoms with Gasteiger partial charge >= 0.3 is 12.2 Å². The van der Waals surface area contributed by atoms with Crippen LogP contribution in [0.15, 0.2) is 133 Å². The Labute approximate surface area is 427 Å². The summed E-state index contributed by atoms with van der Waals surface area (Å²) in [5, 5.41) is 16.0. The molecule has 18 nitrogen and oxygen atoms in total. The van der Waals surface area contributed by atoms with Gasteiger partial charge in [-0.25, -0.2) is 18.4 Å². The Morgan fingerprint density at radius 1 is 0.378 bits per heavy atom. The third-order valence-corrected chi connectivity index (χ3v) is 10.9. The topological polar surface area (TPSA) is 234 Å². The average Bonchev–Trinajstić information content (AvgIpc) is 3.40. The van der Waals surface area contributed by atoms with Crippen LogP contribution in [0.25, 0.3) is 0 Å². The van der Waals surface area contributed by atoms with Crippen molar-refractivity contribution in [2.75, 3.05) is 65.4 Å². The number of halogens is 2. The molecule has 0 radical (unpaired) electrons. The molecule has 20 heteroatoms. The van der Waals surface area contributed by atoms with Gasteiger partial charge in [0.25, 0.3) is 11.8 Å².